The van der Waals surface area contributed by atoms with Gasteiger partial charge in [0.1, 0.15) is 5.75 Å². The Morgan fingerprint density at radius 1 is 0.906 bits per heavy atom. The Balaban J connectivity index is 1.39. The van der Waals surface area contributed by atoms with Crippen molar-refractivity contribution in [3.8, 4) is 17.2 Å². The van der Waals surface area contributed by atoms with E-state index in [0.29, 0.717) is 34.2 Å². The first-order valence-corrected chi connectivity index (χ1v) is 9.98. The van der Waals surface area contributed by atoms with Crippen molar-refractivity contribution in [1.29, 1.82) is 0 Å². The second-order valence-electron chi connectivity index (χ2n) is 7.04. The summed E-state index contributed by atoms with van der Waals surface area (Å²) in [5.41, 5.74) is 4.04. The van der Waals surface area contributed by atoms with Crippen molar-refractivity contribution < 1.29 is 23.9 Å². The fourth-order valence-electron chi connectivity index (χ4n) is 3.19. The summed E-state index contributed by atoms with van der Waals surface area (Å²) in [5, 5.41) is 4.02. The number of hydrogen-bond acceptors (Lipinski definition) is 5. The van der Waals surface area contributed by atoms with E-state index in [9.17, 15) is 14.4 Å². The zero-order valence-electron chi connectivity index (χ0n) is 17.3. The zero-order chi connectivity index (χ0) is 22.5. The van der Waals surface area contributed by atoms with Crippen molar-refractivity contribution in [3.63, 3.8) is 0 Å². The SMILES string of the molecule is COc1ccccc1Oc1ccc(NC(=O)c2ccc(N3NC(=O)CCC3=O)cc2)cc1. The maximum absolute atomic E-state index is 12.6. The lowest BCUT2D eigenvalue weighted by Gasteiger charge is -2.27. The van der Waals surface area contributed by atoms with E-state index in [-0.39, 0.29) is 30.6 Å². The van der Waals surface area contributed by atoms with E-state index in [1.807, 2.05) is 18.2 Å². The summed E-state index contributed by atoms with van der Waals surface area (Å²) in [6, 6.07) is 20.7. The Morgan fingerprint density at radius 3 is 2.28 bits per heavy atom. The molecule has 4 rings (SSSR count). The van der Waals surface area contributed by atoms with E-state index < -0.39 is 0 Å². The van der Waals surface area contributed by atoms with Crippen LogP contribution in [0.1, 0.15) is 23.2 Å². The third-order valence-corrected chi connectivity index (χ3v) is 4.85. The van der Waals surface area contributed by atoms with Gasteiger partial charge in [0.25, 0.3) is 5.91 Å². The van der Waals surface area contributed by atoms with Crippen LogP contribution in [0.5, 0.6) is 17.2 Å². The van der Waals surface area contributed by atoms with Crippen molar-refractivity contribution in [2.75, 3.05) is 17.4 Å². The number of nitrogens with zero attached hydrogens (tertiary/aromatic N) is 1. The predicted octanol–water partition coefficient (Wildman–Crippen LogP) is 3.90. The van der Waals surface area contributed by atoms with Gasteiger partial charge in [-0.3, -0.25) is 19.8 Å². The molecular formula is C24H21N3O5. The number of methoxy groups -OCH3 is 1. The molecule has 0 saturated carbocycles. The molecule has 8 heteroatoms. The fourth-order valence-corrected chi connectivity index (χ4v) is 3.19. The zero-order valence-corrected chi connectivity index (χ0v) is 17.3. The largest absolute Gasteiger partial charge is 0.493 e. The Labute approximate surface area is 184 Å². The summed E-state index contributed by atoms with van der Waals surface area (Å²) < 4.78 is 11.1. The number of amides is 3. The van der Waals surface area contributed by atoms with E-state index in [2.05, 4.69) is 10.7 Å². The van der Waals surface area contributed by atoms with Crippen LogP contribution in [0.15, 0.2) is 72.8 Å². The highest BCUT2D eigenvalue weighted by molar-refractivity contribution is 6.05. The van der Waals surface area contributed by atoms with Gasteiger partial charge in [-0.25, -0.2) is 5.01 Å². The molecular weight excluding hydrogens is 410 g/mol. The third kappa shape index (κ3) is 4.70. The van der Waals surface area contributed by atoms with E-state index in [1.165, 1.54) is 5.01 Å². The summed E-state index contributed by atoms with van der Waals surface area (Å²) in [5.74, 6) is 1.10. The molecule has 3 aromatic carbocycles. The van der Waals surface area contributed by atoms with Crippen molar-refractivity contribution in [1.82, 2.24) is 5.43 Å². The van der Waals surface area contributed by atoms with E-state index >= 15 is 0 Å². The number of anilines is 2. The van der Waals surface area contributed by atoms with Crippen molar-refractivity contribution >= 4 is 29.1 Å². The topological polar surface area (TPSA) is 97.0 Å². The van der Waals surface area contributed by atoms with Crippen molar-refractivity contribution in [2.24, 2.45) is 0 Å². The Morgan fingerprint density at radius 2 is 1.59 bits per heavy atom. The van der Waals surface area contributed by atoms with Gasteiger partial charge in [-0.05, 0) is 60.7 Å². The van der Waals surface area contributed by atoms with Crippen molar-refractivity contribution in [2.45, 2.75) is 12.8 Å². The smallest absolute Gasteiger partial charge is 0.255 e. The Hall–Kier alpha value is -4.33. The van der Waals surface area contributed by atoms with Gasteiger partial charge in [-0.15, -0.1) is 0 Å². The molecule has 0 aliphatic carbocycles. The Bertz CT molecular complexity index is 1140. The van der Waals surface area contributed by atoms with Crippen LogP contribution in [0, 0.1) is 0 Å². The van der Waals surface area contributed by atoms with Gasteiger partial charge < -0.3 is 14.8 Å². The van der Waals surface area contributed by atoms with Crippen LogP contribution in [-0.2, 0) is 9.59 Å². The Kier molecular flexibility index (Phi) is 6.03. The summed E-state index contributed by atoms with van der Waals surface area (Å²) in [7, 11) is 1.58. The van der Waals surface area contributed by atoms with Crippen LogP contribution in [0.2, 0.25) is 0 Å². The lowest BCUT2D eigenvalue weighted by molar-refractivity contribution is -0.130. The minimum atomic E-state index is -0.302. The van der Waals surface area contributed by atoms with Crippen LogP contribution in [0.25, 0.3) is 0 Å². The number of nitrogens with one attached hydrogen (secondary N) is 2. The maximum atomic E-state index is 12.6. The average molecular weight is 431 g/mol. The number of hydrazine groups is 1. The molecule has 1 aliphatic rings. The molecule has 162 valence electrons. The predicted molar refractivity (Wildman–Crippen MR) is 119 cm³/mol. The number of carbonyl (C=O) groups is 3. The first-order valence-electron chi connectivity index (χ1n) is 9.98. The van der Waals surface area contributed by atoms with Crippen LogP contribution < -0.4 is 25.2 Å². The summed E-state index contributed by atoms with van der Waals surface area (Å²) in [4.78, 5) is 36.1. The number of rotatable bonds is 6. The number of hydrogen-bond donors (Lipinski definition) is 2. The van der Waals surface area contributed by atoms with Crippen molar-refractivity contribution in [3.05, 3.63) is 78.4 Å². The molecule has 1 heterocycles. The van der Waals surface area contributed by atoms with Crippen LogP contribution in [0.4, 0.5) is 11.4 Å². The standard InChI is InChI=1S/C24H21N3O5/c1-31-20-4-2-3-5-21(20)32-19-12-8-17(9-13-19)25-24(30)16-6-10-18(11-7-16)27-23(29)15-14-22(28)26-27/h2-13H,14-15H2,1H3,(H,25,30)(H,26,28). The molecule has 32 heavy (non-hydrogen) atoms. The summed E-state index contributed by atoms with van der Waals surface area (Å²) in [6.07, 6.45) is 0.337. The maximum Gasteiger partial charge on any atom is 0.255 e. The molecule has 0 spiro atoms. The molecule has 3 amide bonds. The van der Waals surface area contributed by atoms with Gasteiger partial charge in [-0.2, -0.15) is 0 Å². The first-order chi connectivity index (χ1) is 15.5. The van der Waals surface area contributed by atoms with E-state index in [4.69, 9.17) is 9.47 Å². The summed E-state index contributed by atoms with van der Waals surface area (Å²) in [6.45, 7) is 0. The molecule has 8 nitrogen and oxygen atoms in total. The van der Waals surface area contributed by atoms with Crippen LogP contribution in [0.3, 0.4) is 0 Å². The molecule has 1 fully saturated rings. The molecule has 3 aromatic rings. The first kappa shape index (κ1) is 20.9. The monoisotopic (exact) mass is 431 g/mol. The number of benzene rings is 3. The molecule has 2 N–H and O–H groups in total. The highest BCUT2D eigenvalue weighted by Crippen LogP contribution is 2.31. The van der Waals surface area contributed by atoms with E-state index in [1.54, 1.807) is 61.7 Å². The van der Waals surface area contributed by atoms with Gasteiger partial charge in [0.15, 0.2) is 11.5 Å². The number of carbonyl (C=O) groups excluding carboxylic acids is 3. The normalized spacial score (nSPS) is 13.3. The average Bonchev–Trinajstić information content (AvgIpc) is 2.82. The second kappa shape index (κ2) is 9.22. The molecule has 1 saturated heterocycles. The fraction of sp³-hybridized carbons (Fsp3) is 0.125. The highest BCUT2D eigenvalue weighted by atomic mass is 16.5. The van der Waals surface area contributed by atoms with Gasteiger partial charge in [0, 0.05) is 24.1 Å². The highest BCUT2D eigenvalue weighted by Gasteiger charge is 2.24. The lowest BCUT2D eigenvalue weighted by Crippen LogP contribution is -2.50. The van der Waals surface area contributed by atoms with Gasteiger partial charge in [-0.1, -0.05) is 12.1 Å². The third-order valence-electron chi connectivity index (χ3n) is 4.85. The molecule has 1 aliphatic heterocycles. The molecule has 0 atom stereocenters. The molecule has 0 unspecified atom stereocenters. The second-order valence-corrected chi connectivity index (χ2v) is 7.04. The minimum Gasteiger partial charge on any atom is -0.493 e. The number of ether oxygens (including phenoxy) is 2. The van der Waals surface area contributed by atoms with Gasteiger partial charge in [0.05, 0.1) is 12.8 Å². The molecule has 0 aromatic heterocycles. The van der Waals surface area contributed by atoms with E-state index in [0.717, 1.165) is 0 Å². The minimum absolute atomic E-state index is 0.158. The number of para-hydroxylation sites is 2. The van der Waals surface area contributed by atoms with Gasteiger partial charge in [0.2, 0.25) is 11.8 Å². The molecule has 0 bridgehead atoms. The van der Waals surface area contributed by atoms with Crippen LogP contribution >= 0.6 is 0 Å². The van der Waals surface area contributed by atoms with Crippen LogP contribution in [-0.4, -0.2) is 24.8 Å². The quantitative estimate of drug-likeness (QED) is 0.617. The molecule has 0 radical (unpaired) electrons. The van der Waals surface area contributed by atoms with Gasteiger partial charge >= 0.3 is 0 Å². The summed E-state index contributed by atoms with van der Waals surface area (Å²) >= 11 is 0. The lowest BCUT2D eigenvalue weighted by atomic mass is 10.1.